The van der Waals surface area contributed by atoms with Crippen molar-refractivity contribution in [2.45, 2.75) is 45.1 Å². The lowest BCUT2D eigenvalue weighted by atomic mass is 9.85. The van der Waals surface area contributed by atoms with Gasteiger partial charge < -0.3 is 0 Å². The molecule has 4 aliphatic rings. The summed E-state index contributed by atoms with van der Waals surface area (Å²) < 4.78 is 0. The average Bonchev–Trinajstić information content (AvgIpc) is 3.77. The quantitative estimate of drug-likeness (QED) is 0.129. The summed E-state index contributed by atoms with van der Waals surface area (Å²) in [5.74, 6) is 1.20. The van der Waals surface area contributed by atoms with Crippen molar-refractivity contribution in [3.63, 3.8) is 0 Å². The van der Waals surface area contributed by atoms with Gasteiger partial charge in [-0.3, -0.25) is 4.99 Å². The second-order valence-electron chi connectivity index (χ2n) is 13.8. The van der Waals surface area contributed by atoms with Gasteiger partial charge >= 0.3 is 0 Å². The molecule has 3 nitrogen and oxygen atoms in total. The van der Waals surface area contributed by atoms with Crippen molar-refractivity contribution in [2.75, 3.05) is 0 Å². The highest BCUT2D eigenvalue weighted by molar-refractivity contribution is 6.12. The van der Waals surface area contributed by atoms with Crippen LogP contribution in [0, 0.1) is 0 Å². The molecule has 0 saturated heterocycles. The van der Waals surface area contributed by atoms with Crippen LogP contribution in [-0.2, 0) is 19.4 Å². The van der Waals surface area contributed by atoms with E-state index in [0.29, 0.717) is 18.2 Å². The van der Waals surface area contributed by atoms with Crippen LogP contribution in [0.15, 0.2) is 166 Å². The summed E-state index contributed by atoms with van der Waals surface area (Å²) in [5.41, 5.74) is 20.3. The molecule has 0 spiro atoms. The third kappa shape index (κ3) is 5.89. The highest BCUT2D eigenvalue weighted by atomic mass is 15.0. The van der Waals surface area contributed by atoms with Crippen molar-refractivity contribution < 1.29 is 0 Å². The minimum atomic E-state index is 0.504. The molecular formula is C48H39N3. The summed E-state index contributed by atoms with van der Waals surface area (Å²) in [6.45, 7) is 4.31. The molecule has 0 saturated carbocycles. The molecule has 0 bridgehead atoms. The molecule has 246 valence electrons. The van der Waals surface area contributed by atoms with Gasteiger partial charge in [0.15, 0.2) is 11.7 Å². The number of benzene rings is 5. The van der Waals surface area contributed by atoms with Gasteiger partial charge in [0.25, 0.3) is 0 Å². The Kier molecular flexibility index (Phi) is 8.17. The van der Waals surface area contributed by atoms with Gasteiger partial charge in [-0.2, -0.15) is 0 Å². The van der Waals surface area contributed by atoms with Gasteiger partial charge in [0.05, 0.1) is 6.54 Å². The third-order valence-corrected chi connectivity index (χ3v) is 10.8. The lowest BCUT2D eigenvalue weighted by molar-refractivity contribution is 1.04. The van der Waals surface area contributed by atoms with Gasteiger partial charge in [-0.1, -0.05) is 127 Å². The second kappa shape index (κ2) is 13.4. The lowest BCUT2D eigenvalue weighted by Gasteiger charge is -2.19. The van der Waals surface area contributed by atoms with Crippen LogP contribution in [0.1, 0.15) is 70.2 Å². The molecule has 5 aromatic rings. The van der Waals surface area contributed by atoms with E-state index < -0.39 is 0 Å². The maximum absolute atomic E-state index is 5.06. The topological polar surface area (TPSA) is 37.1 Å². The summed E-state index contributed by atoms with van der Waals surface area (Å²) in [4.78, 5) is 14.2. The van der Waals surface area contributed by atoms with Crippen molar-refractivity contribution in [2.24, 2.45) is 15.0 Å². The summed E-state index contributed by atoms with van der Waals surface area (Å²) in [5, 5.41) is 0. The Bertz CT molecular complexity index is 2380. The maximum atomic E-state index is 5.06. The fourth-order valence-electron chi connectivity index (χ4n) is 8.33. The molecule has 5 aromatic carbocycles. The standard InChI is InChI=1S/C48H39N3/c1-49-47(33-14-4-2-5-15-33)51-48(34-16-6-3-7-17-34)50-31-32-13-10-19-35(27-32)40-21-11-23-42-43-24-12-22-41(46(43)30-45(40)42)38-26-25-37-28-36-18-8-9-20-39(36)44(37)29-38/h2-8,10-11,13-19,21-23,25-27,29H,1,9,12,20,24,28,30-31H2. The number of aliphatic imine (C=N–C) groups is 3. The molecule has 0 heterocycles. The van der Waals surface area contributed by atoms with Crippen LogP contribution < -0.4 is 0 Å². The average molecular weight is 658 g/mol. The summed E-state index contributed by atoms with van der Waals surface area (Å²) in [6, 6.07) is 43.1. The van der Waals surface area contributed by atoms with E-state index in [1.807, 2.05) is 60.7 Å². The SMILES string of the molecule is C=NC(=NC(=NCc1cccc(-c2cccc3c2CC2=C3CCC=C2c2ccc3c(c2)C2=C(C=CCC2)C3)c1)c1ccccc1)c1ccccc1. The Hall–Kier alpha value is -5.93. The van der Waals surface area contributed by atoms with Crippen LogP contribution in [-0.4, -0.2) is 18.4 Å². The highest BCUT2D eigenvalue weighted by Gasteiger charge is 2.30. The van der Waals surface area contributed by atoms with Gasteiger partial charge in [0.2, 0.25) is 0 Å². The van der Waals surface area contributed by atoms with E-state index in [0.717, 1.165) is 55.2 Å². The molecule has 0 amide bonds. The third-order valence-electron chi connectivity index (χ3n) is 10.8. The van der Waals surface area contributed by atoms with Gasteiger partial charge in [0, 0.05) is 11.1 Å². The van der Waals surface area contributed by atoms with Gasteiger partial charge in [0.1, 0.15) is 0 Å². The van der Waals surface area contributed by atoms with Crippen LogP contribution in [0.25, 0.3) is 27.8 Å². The summed E-state index contributed by atoms with van der Waals surface area (Å²) in [6.07, 6.45) is 13.7. The Labute approximate surface area is 300 Å². The van der Waals surface area contributed by atoms with E-state index in [4.69, 9.17) is 9.98 Å². The van der Waals surface area contributed by atoms with Crippen LogP contribution in [0.4, 0.5) is 0 Å². The predicted octanol–water partition coefficient (Wildman–Crippen LogP) is 11.3. The largest absolute Gasteiger partial charge is 0.261 e. The molecule has 0 fully saturated rings. The Balaban J connectivity index is 1.02. The number of rotatable bonds is 6. The van der Waals surface area contributed by atoms with Crippen molar-refractivity contribution >= 4 is 35.1 Å². The fourth-order valence-corrected chi connectivity index (χ4v) is 8.33. The van der Waals surface area contributed by atoms with Crippen molar-refractivity contribution in [3.8, 4) is 11.1 Å². The summed E-state index contributed by atoms with van der Waals surface area (Å²) >= 11 is 0. The number of nitrogens with zero attached hydrogens (tertiary/aromatic N) is 3. The first-order chi connectivity index (χ1) is 25.2. The molecular weight excluding hydrogens is 619 g/mol. The minimum Gasteiger partial charge on any atom is -0.261 e. The Morgan fingerprint density at radius 1 is 0.608 bits per heavy atom. The number of allylic oxidation sites excluding steroid dienone is 8. The maximum Gasteiger partial charge on any atom is 0.161 e. The molecule has 3 heteroatoms. The van der Waals surface area contributed by atoms with Crippen molar-refractivity contribution in [1.82, 2.24) is 0 Å². The van der Waals surface area contributed by atoms with Crippen LogP contribution in [0.5, 0.6) is 0 Å². The molecule has 0 aliphatic heterocycles. The molecule has 0 atom stereocenters. The summed E-state index contributed by atoms with van der Waals surface area (Å²) in [7, 11) is 0. The van der Waals surface area contributed by atoms with Crippen molar-refractivity contribution in [3.05, 3.63) is 195 Å². The first-order valence-corrected chi connectivity index (χ1v) is 18.1. The Morgan fingerprint density at radius 3 is 2.20 bits per heavy atom. The van der Waals surface area contributed by atoms with Gasteiger partial charge in [-0.15, -0.1) is 0 Å². The van der Waals surface area contributed by atoms with E-state index >= 15 is 0 Å². The van der Waals surface area contributed by atoms with E-state index in [1.165, 1.54) is 61.2 Å². The van der Waals surface area contributed by atoms with Gasteiger partial charge in [-0.05, 0) is 130 Å². The first kappa shape index (κ1) is 31.1. The number of fused-ring (bicyclic) bond motifs is 4. The molecule has 0 N–H and O–H groups in total. The zero-order chi connectivity index (χ0) is 34.1. The molecule has 0 radical (unpaired) electrons. The number of amidine groups is 2. The zero-order valence-corrected chi connectivity index (χ0v) is 28.8. The van der Waals surface area contributed by atoms with Crippen LogP contribution in [0.2, 0.25) is 0 Å². The minimum absolute atomic E-state index is 0.504. The van der Waals surface area contributed by atoms with Crippen molar-refractivity contribution in [1.29, 1.82) is 0 Å². The first-order valence-electron chi connectivity index (χ1n) is 18.1. The number of hydrogen-bond acceptors (Lipinski definition) is 1. The molecule has 51 heavy (non-hydrogen) atoms. The molecule has 0 unspecified atom stereocenters. The van der Waals surface area contributed by atoms with E-state index in [9.17, 15) is 0 Å². The second-order valence-corrected chi connectivity index (χ2v) is 13.8. The Morgan fingerprint density at radius 2 is 1.37 bits per heavy atom. The number of hydrogen-bond donors (Lipinski definition) is 0. The lowest BCUT2D eigenvalue weighted by Crippen LogP contribution is -2.05. The molecule has 0 aromatic heterocycles. The zero-order valence-electron chi connectivity index (χ0n) is 28.8. The van der Waals surface area contributed by atoms with Crippen LogP contribution >= 0.6 is 0 Å². The molecule has 9 rings (SSSR count). The van der Waals surface area contributed by atoms with E-state index in [-0.39, 0.29) is 0 Å². The van der Waals surface area contributed by atoms with E-state index in [1.54, 1.807) is 5.57 Å². The van der Waals surface area contributed by atoms with Crippen LogP contribution in [0.3, 0.4) is 0 Å². The molecule has 4 aliphatic carbocycles. The smallest absolute Gasteiger partial charge is 0.161 e. The highest BCUT2D eigenvalue weighted by Crippen LogP contribution is 2.49. The normalized spacial score (nSPS) is 16.4. The van der Waals surface area contributed by atoms with Gasteiger partial charge in [-0.25, -0.2) is 9.98 Å². The fraction of sp³-hybridized carbons (Fsp3) is 0.146. The monoisotopic (exact) mass is 657 g/mol. The van der Waals surface area contributed by atoms with E-state index in [2.05, 4.69) is 90.6 Å². The predicted molar refractivity (Wildman–Crippen MR) is 214 cm³/mol.